The van der Waals surface area contributed by atoms with Crippen LogP contribution in [0.2, 0.25) is 0 Å². The standard InChI is InChI=1S/C23H23F3N6O2/c1-15-27-20(14-21(28-15)32-9-11-34-12-10-32)29-17-5-7-18(8-6-17)30-22(33)31-19-4-2-3-16(13-19)23(24,25)26/h2-8,13-14H,9-12H2,1H3,(H,27,28,29)(H2,30,31,33). The van der Waals surface area contributed by atoms with E-state index in [1.165, 1.54) is 12.1 Å². The third-order valence-corrected chi connectivity index (χ3v) is 5.02. The summed E-state index contributed by atoms with van der Waals surface area (Å²) in [5.41, 5.74) is 0.427. The molecular formula is C23H23F3N6O2. The molecule has 2 amide bonds. The lowest BCUT2D eigenvalue weighted by Crippen LogP contribution is -2.36. The molecule has 2 aromatic carbocycles. The lowest BCUT2D eigenvalue weighted by molar-refractivity contribution is -0.137. The van der Waals surface area contributed by atoms with Gasteiger partial charge in [0.1, 0.15) is 17.5 Å². The van der Waals surface area contributed by atoms with Crippen molar-refractivity contribution in [1.82, 2.24) is 9.97 Å². The number of halogens is 3. The molecule has 3 aromatic rings. The van der Waals surface area contributed by atoms with Crippen molar-refractivity contribution in [2.45, 2.75) is 13.1 Å². The Kier molecular flexibility index (Phi) is 6.82. The van der Waals surface area contributed by atoms with E-state index in [4.69, 9.17) is 4.74 Å². The summed E-state index contributed by atoms with van der Waals surface area (Å²) in [4.78, 5) is 23.3. The molecule has 34 heavy (non-hydrogen) atoms. The van der Waals surface area contributed by atoms with E-state index in [9.17, 15) is 18.0 Å². The zero-order chi connectivity index (χ0) is 24.1. The molecule has 0 bridgehead atoms. The SMILES string of the molecule is Cc1nc(Nc2ccc(NC(=O)Nc3cccc(C(F)(F)F)c3)cc2)cc(N2CCOCC2)n1. The Balaban J connectivity index is 1.37. The number of hydrogen-bond donors (Lipinski definition) is 3. The van der Waals surface area contributed by atoms with Gasteiger partial charge in [0.05, 0.1) is 18.8 Å². The minimum Gasteiger partial charge on any atom is -0.378 e. The average molecular weight is 472 g/mol. The van der Waals surface area contributed by atoms with Crippen molar-refractivity contribution in [1.29, 1.82) is 0 Å². The quantitative estimate of drug-likeness (QED) is 0.483. The number of anilines is 5. The van der Waals surface area contributed by atoms with E-state index in [2.05, 4.69) is 30.8 Å². The van der Waals surface area contributed by atoms with Crippen molar-refractivity contribution < 1.29 is 22.7 Å². The van der Waals surface area contributed by atoms with Crippen LogP contribution in [0.5, 0.6) is 0 Å². The molecule has 0 spiro atoms. The third-order valence-electron chi connectivity index (χ3n) is 5.02. The maximum absolute atomic E-state index is 12.8. The Morgan fingerprint density at radius 3 is 2.32 bits per heavy atom. The molecular weight excluding hydrogens is 449 g/mol. The number of morpholine rings is 1. The van der Waals surface area contributed by atoms with Crippen LogP contribution >= 0.6 is 0 Å². The van der Waals surface area contributed by atoms with Gasteiger partial charge in [0.15, 0.2) is 0 Å². The summed E-state index contributed by atoms with van der Waals surface area (Å²) in [6, 6.07) is 12.5. The number of carbonyl (C=O) groups is 1. The van der Waals surface area contributed by atoms with Gasteiger partial charge in [0, 0.05) is 36.2 Å². The fourth-order valence-corrected chi connectivity index (χ4v) is 3.42. The second-order valence-electron chi connectivity index (χ2n) is 7.62. The van der Waals surface area contributed by atoms with Crippen LogP contribution in [0.1, 0.15) is 11.4 Å². The molecule has 1 aliphatic heterocycles. The second-order valence-corrected chi connectivity index (χ2v) is 7.62. The first-order chi connectivity index (χ1) is 16.3. The van der Waals surface area contributed by atoms with Gasteiger partial charge in [0.25, 0.3) is 0 Å². The number of urea groups is 1. The van der Waals surface area contributed by atoms with Crippen molar-refractivity contribution >= 4 is 34.7 Å². The Labute approximate surface area is 194 Å². The number of rotatable bonds is 5. The Morgan fingerprint density at radius 1 is 0.941 bits per heavy atom. The number of amides is 2. The zero-order valence-electron chi connectivity index (χ0n) is 18.3. The fourth-order valence-electron chi connectivity index (χ4n) is 3.42. The van der Waals surface area contributed by atoms with Crippen LogP contribution < -0.4 is 20.9 Å². The van der Waals surface area contributed by atoms with E-state index < -0.39 is 17.8 Å². The van der Waals surface area contributed by atoms with Crippen molar-refractivity contribution in [2.75, 3.05) is 47.2 Å². The smallest absolute Gasteiger partial charge is 0.378 e. The van der Waals surface area contributed by atoms with Crippen molar-refractivity contribution in [3.05, 3.63) is 66.0 Å². The first kappa shape index (κ1) is 23.3. The second kappa shape index (κ2) is 9.96. The molecule has 8 nitrogen and oxygen atoms in total. The molecule has 1 aromatic heterocycles. The van der Waals surface area contributed by atoms with Crippen LogP contribution in [0.15, 0.2) is 54.6 Å². The first-order valence-electron chi connectivity index (χ1n) is 10.6. The molecule has 3 N–H and O–H groups in total. The highest BCUT2D eigenvalue weighted by molar-refractivity contribution is 5.99. The Bertz CT molecular complexity index is 1150. The molecule has 11 heteroatoms. The minimum atomic E-state index is -4.48. The van der Waals surface area contributed by atoms with Crippen LogP contribution in [0.25, 0.3) is 0 Å². The number of nitrogens with one attached hydrogen (secondary N) is 3. The summed E-state index contributed by atoms with van der Waals surface area (Å²) >= 11 is 0. The summed E-state index contributed by atoms with van der Waals surface area (Å²) in [5.74, 6) is 2.09. The van der Waals surface area contributed by atoms with E-state index in [1.807, 2.05) is 13.0 Å². The highest BCUT2D eigenvalue weighted by Crippen LogP contribution is 2.30. The molecule has 1 aliphatic rings. The highest BCUT2D eigenvalue weighted by atomic mass is 19.4. The fraction of sp³-hybridized carbons (Fsp3) is 0.261. The predicted molar refractivity (Wildman–Crippen MR) is 124 cm³/mol. The van der Waals surface area contributed by atoms with Crippen molar-refractivity contribution in [2.24, 2.45) is 0 Å². The van der Waals surface area contributed by atoms with E-state index in [0.717, 1.165) is 36.7 Å². The summed E-state index contributed by atoms with van der Waals surface area (Å²) in [5, 5.41) is 8.22. The number of benzene rings is 2. The lowest BCUT2D eigenvalue weighted by Gasteiger charge is -2.28. The van der Waals surface area contributed by atoms with Gasteiger partial charge in [-0.1, -0.05) is 6.07 Å². The van der Waals surface area contributed by atoms with E-state index >= 15 is 0 Å². The molecule has 1 fully saturated rings. The van der Waals surface area contributed by atoms with Gasteiger partial charge in [0.2, 0.25) is 0 Å². The number of hydrogen-bond acceptors (Lipinski definition) is 6. The number of ether oxygens (including phenoxy) is 1. The lowest BCUT2D eigenvalue weighted by atomic mass is 10.2. The number of aryl methyl sites for hydroxylation is 1. The molecule has 0 atom stereocenters. The first-order valence-corrected chi connectivity index (χ1v) is 10.6. The maximum atomic E-state index is 12.8. The average Bonchev–Trinajstić information content (AvgIpc) is 2.80. The summed E-state index contributed by atoms with van der Waals surface area (Å²) in [6.07, 6.45) is -4.48. The molecule has 2 heterocycles. The van der Waals surface area contributed by atoms with E-state index in [1.54, 1.807) is 24.3 Å². The van der Waals surface area contributed by atoms with Crippen LogP contribution in [0, 0.1) is 6.92 Å². The number of alkyl halides is 3. The summed E-state index contributed by atoms with van der Waals surface area (Å²) in [6.45, 7) is 4.66. The van der Waals surface area contributed by atoms with E-state index in [-0.39, 0.29) is 5.69 Å². The zero-order valence-corrected chi connectivity index (χ0v) is 18.3. The van der Waals surface area contributed by atoms with Gasteiger partial charge in [-0.15, -0.1) is 0 Å². The molecule has 0 unspecified atom stereocenters. The topological polar surface area (TPSA) is 91.4 Å². The van der Waals surface area contributed by atoms with Crippen LogP contribution in [-0.2, 0) is 10.9 Å². The van der Waals surface area contributed by atoms with Gasteiger partial charge in [-0.2, -0.15) is 13.2 Å². The maximum Gasteiger partial charge on any atom is 0.416 e. The van der Waals surface area contributed by atoms with Gasteiger partial charge in [-0.3, -0.25) is 0 Å². The minimum absolute atomic E-state index is 0.0424. The van der Waals surface area contributed by atoms with Crippen LogP contribution in [0.3, 0.4) is 0 Å². The molecule has 0 saturated carbocycles. The monoisotopic (exact) mass is 472 g/mol. The normalized spacial score (nSPS) is 13.9. The Hall–Kier alpha value is -3.86. The predicted octanol–water partition coefficient (Wildman–Crippen LogP) is 5.03. The van der Waals surface area contributed by atoms with Crippen molar-refractivity contribution in [3.8, 4) is 0 Å². The van der Waals surface area contributed by atoms with Crippen molar-refractivity contribution in [3.63, 3.8) is 0 Å². The highest BCUT2D eigenvalue weighted by Gasteiger charge is 2.30. The number of aromatic nitrogens is 2. The Morgan fingerprint density at radius 2 is 1.62 bits per heavy atom. The molecule has 0 aliphatic carbocycles. The molecule has 0 radical (unpaired) electrons. The van der Waals surface area contributed by atoms with Gasteiger partial charge in [-0.05, 0) is 49.4 Å². The number of nitrogens with zero attached hydrogens (tertiary/aromatic N) is 3. The molecule has 178 valence electrons. The molecule has 4 rings (SSSR count). The van der Waals surface area contributed by atoms with E-state index in [0.29, 0.717) is 30.5 Å². The number of carbonyl (C=O) groups excluding carboxylic acids is 1. The van der Waals surface area contributed by atoms with Gasteiger partial charge >= 0.3 is 12.2 Å². The van der Waals surface area contributed by atoms with Gasteiger partial charge < -0.3 is 25.6 Å². The summed E-state index contributed by atoms with van der Waals surface area (Å²) < 4.78 is 43.9. The molecule has 1 saturated heterocycles. The summed E-state index contributed by atoms with van der Waals surface area (Å²) in [7, 11) is 0. The van der Waals surface area contributed by atoms with Crippen LogP contribution in [0.4, 0.5) is 46.7 Å². The third kappa shape index (κ3) is 6.13. The largest absolute Gasteiger partial charge is 0.416 e. The van der Waals surface area contributed by atoms with Gasteiger partial charge in [-0.25, -0.2) is 14.8 Å². The van der Waals surface area contributed by atoms with Crippen LogP contribution in [-0.4, -0.2) is 42.3 Å².